The summed E-state index contributed by atoms with van der Waals surface area (Å²) in [6, 6.07) is 31.8. The van der Waals surface area contributed by atoms with Crippen molar-refractivity contribution in [1.29, 1.82) is 0 Å². The van der Waals surface area contributed by atoms with Crippen molar-refractivity contribution in [3.8, 4) is 43.8 Å². The van der Waals surface area contributed by atoms with Gasteiger partial charge in [0.1, 0.15) is 22.1 Å². The number of aromatic hydroxyl groups is 1. The van der Waals surface area contributed by atoms with Gasteiger partial charge in [0.05, 0.1) is 23.6 Å². The number of aromatic carboxylic acids is 1. The summed E-state index contributed by atoms with van der Waals surface area (Å²) in [4.78, 5) is 29.3. The molecule has 1 aromatic heterocycles. The summed E-state index contributed by atoms with van der Waals surface area (Å²) < 4.78 is 5.74. The normalized spacial score (nSPS) is 10.7. The smallest absolute Gasteiger partial charge is 0.339 e. The van der Waals surface area contributed by atoms with E-state index in [1.165, 1.54) is 18.2 Å². The Bertz CT molecular complexity index is 1540. The number of carbonyl (C=O) groups excluding carboxylic acids is 1. The molecule has 39 heavy (non-hydrogen) atoms. The van der Waals surface area contributed by atoms with E-state index in [9.17, 15) is 14.7 Å². The number of carbonyl (C=O) groups is 2. The number of hydrogen-bond donors (Lipinski definition) is 3. The van der Waals surface area contributed by atoms with Crippen LogP contribution < -0.4 is 10.1 Å². The number of amides is 1. The lowest BCUT2D eigenvalue weighted by molar-refractivity contribution is -0.116. The van der Waals surface area contributed by atoms with E-state index >= 15 is 0 Å². The van der Waals surface area contributed by atoms with Crippen molar-refractivity contribution >= 4 is 28.9 Å². The van der Waals surface area contributed by atoms with Gasteiger partial charge in [-0.1, -0.05) is 60.7 Å². The van der Waals surface area contributed by atoms with E-state index in [-0.39, 0.29) is 24.5 Å². The molecule has 194 valence electrons. The maximum absolute atomic E-state index is 12.2. The number of rotatable bonds is 9. The molecule has 0 saturated carbocycles. The van der Waals surface area contributed by atoms with Crippen molar-refractivity contribution in [2.45, 2.75) is 6.42 Å². The van der Waals surface area contributed by atoms with Crippen LogP contribution in [0.15, 0.2) is 103 Å². The monoisotopic (exact) mass is 536 g/mol. The molecule has 0 atom stereocenters. The van der Waals surface area contributed by atoms with E-state index in [4.69, 9.17) is 14.8 Å². The highest BCUT2D eigenvalue weighted by Crippen LogP contribution is 2.40. The molecule has 0 fully saturated rings. The second-order valence-electron chi connectivity index (χ2n) is 8.64. The molecule has 0 saturated heterocycles. The molecule has 3 N–H and O–H groups in total. The van der Waals surface area contributed by atoms with Crippen molar-refractivity contribution in [3.63, 3.8) is 0 Å². The summed E-state index contributed by atoms with van der Waals surface area (Å²) in [5.74, 6) is -1.35. The molecular weight excluding hydrogens is 512 g/mol. The van der Waals surface area contributed by atoms with Crippen molar-refractivity contribution in [2.75, 3.05) is 11.9 Å². The number of nitrogens with zero attached hydrogens (tertiary/aromatic N) is 1. The second kappa shape index (κ2) is 11.6. The molecule has 1 amide bonds. The molecule has 5 aromatic rings. The summed E-state index contributed by atoms with van der Waals surface area (Å²) in [6.45, 7) is 0.151. The summed E-state index contributed by atoms with van der Waals surface area (Å²) in [5.41, 5.74) is 4.16. The third-order valence-electron chi connectivity index (χ3n) is 5.92. The van der Waals surface area contributed by atoms with E-state index < -0.39 is 11.7 Å². The van der Waals surface area contributed by atoms with Gasteiger partial charge in [-0.25, -0.2) is 9.78 Å². The van der Waals surface area contributed by atoms with Gasteiger partial charge in [-0.05, 0) is 42.0 Å². The third kappa shape index (κ3) is 6.14. The fraction of sp³-hybridized carbons (Fsp3) is 0.0645. The van der Waals surface area contributed by atoms with Crippen LogP contribution in [0.1, 0.15) is 16.8 Å². The minimum Gasteiger partial charge on any atom is -0.507 e. The van der Waals surface area contributed by atoms with Gasteiger partial charge in [-0.2, -0.15) is 0 Å². The number of phenols is 1. The third-order valence-corrected chi connectivity index (χ3v) is 7.07. The first-order valence-electron chi connectivity index (χ1n) is 12.2. The van der Waals surface area contributed by atoms with Gasteiger partial charge in [0, 0.05) is 22.9 Å². The minimum atomic E-state index is -1.24. The number of nitrogens with one attached hydrogen (secondary N) is 1. The van der Waals surface area contributed by atoms with Crippen LogP contribution in [-0.4, -0.2) is 33.7 Å². The number of carboxylic acids is 1. The first-order chi connectivity index (χ1) is 19.0. The molecule has 4 aromatic carbocycles. The highest BCUT2D eigenvalue weighted by molar-refractivity contribution is 7.19. The number of carboxylic acid groups (broad SMARTS) is 1. The Balaban J connectivity index is 1.23. The van der Waals surface area contributed by atoms with Crippen LogP contribution in [0.4, 0.5) is 5.69 Å². The molecule has 7 nitrogen and oxygen atoms in total. The lowest BCUT2D eigenvalue weighted by atomic mass is 10.1. The Morgan fingerprint density at radius 3 is 2.13 bits per heavy atom. The molecule has 0 spiro atoms. The molecule has 0 aliphatic heterocycles. The van der Waals surface area contributed by atoms with Crippen molar-refractivity contribution in [3.05, 3.63) is 109 Å². The molecule has 0 unspecified atom stereocenters. The van der Waals surface area contributed by atoms with E-state index in [1.807, 2.05) is 60.7 Å². The zero-order chi connectivity index (χ0) is 27.2. The van der Waals surface area contributed by atoms with Gasteiger partial charge in [-0.3, -0.25) is 4.79 Å². The standard InChI is InChI=1S/C31H24N2O5S/c34-26-19-23(13-16-25(26)31(36)37)32-27(35)17-18-38-24-14-11-22(12-15-24)30-33-28(20-7-3-1-4-8-20)29(39-30)21-9-5-2-6-10-21/h1-16,19,34H,17-18H2,(H,32,35)(H,36,37). The lowest BCUT2D eigenvalue weighted by Crippen LogP contribution is -2.15. The molecule has 8 heteroatoms. The maximum atomic E-state index is 12.2. The van der Waals surface area contributed by atoms with Gasteiger partial charge in [0.15, 0.2) is 0 Å². The second-order valence-corrected chi connectivity index (χ2v) is 9.64. The van der Waals surface area contributed by atoms with Crippen LogP contribution in [0.3, 0.4) is 0 Å². The zero-order valence-electron chi connectivity index (χ0n) is 20.7. The van der Waals surface area contributed by atoms with Crippen LogP contribution in [0, 0.1) is 0 Å². The molecule has 1 heterocycles. The van der Waals surface area contributed by atoms with Gasteiger partial charge in [-0.15, -0.1) is 11.3 Å². The Hall–Kier alpha value is -4.95. The highest BCUT2D eigenvalue weighted by atomic mass is 32.1. The fourth-order valence-corrected chi connectivity index (χ4v) is 5.09. The van der Waals surface area contributed by atoms with Gasteiger partial charge >= 0.3 is 5.97 Å². The molecule has 0 aliphatic carbocycles. The Labute approximate surface area is 229 Å². The van der Waals surface area contributed by atoms with Crippen LogP contribution >= 0.6 is 11.3 Å². The van der Waals surface area contributed by atoms with Crippen LogP contribution in [-0.2, 0) is 4.79 Å². The topological polar surface area (TPSA) is 109 Å². The number of aromatic nitrogens is 1. The summed E-state index contributed by atoms with van der Waals surface area (Å²) >= 11 is 1.64. The minimum absolute atomic E-state index is 0.0799. The molecule has 0 aliphatic rings. The Morgan fingerprint density at radius 1 is 0.821 bits per heavy atom. The number of anilines is 1. The van der Waals surface area contributed by atoms with E-state index in [0.29, 0.717) is 11.4 Å². The molecule has 0 bridgehead atoms. The maximum Gasteiger partial charge on any atom is 0.339 e. The van der Waals surface area contributed by atoms with Gasteiger partial charge in [0.2, 0.25) is 5.91 Å². The van der Waals surface area contributed by atoms with E-state index in [1.54, 1.807) is 11.3 Å². The molecule has 0 radical (unpaired) electrons. The van der Waals surface area contributed by atoms with Gasteiger partial charge < -0.3 is 20.3 Å². The first kappa shape index (κ1) is 25.7. The predicted octanol–water partition coefficient (Wildman–Crippen LogP) is 6.96. The SMILES string of the molecule is O=C(CCOc1ccc(-c2nc(-c3ccccc3)c(-c3ccccc3)s2)cc1)Nc1ccc(C(=O)O)c(O)c1. The number of benzene rings is 4. The van der Waals surface area contributed by atoms with Crippen LogP contribution in [0.2, 0.25) is 0 Å². The number of hydrogen-bond acceptors (Lipinski definition) is 6. The highest BCUT2D eigenvalue weighted by Gasteiger charge is 2.16. The largest absolute Gasteiger partial charge is 0.507 e. The quantitative estimate of drug-likeness (QED) is 0.188. The van der Waals surface area contributed by atoms with E-state index in [0.717, 1.165) is 32.3 Å². The van der Waals surface area contributed by atoms with Crippen molar-refractivity contribution in [2.24, 2.45) is 0 Å². The average molecular weight is 537 g/mol. The lowest BCUT2D eigenvalue weighted by Gasteiger charge is -2.09. The molecular formula is C31H24N2O5S. The average Bonchev–Trinajstić information content (AvgIpc) is 3.40. The number of ether oxygens (including phenoxy) is 1. The van der Waals surface area contributed by atoms with Crippen LogP contribution in [0.25, 0.3) is 32.3 Å². The summed E-state index contributed by atoms with van der Waals surface area (Å²) in [7, 11) is 0. The van der Waals surface area contributed by atoms with Crippen molar-refractivity contribution in [1.82, 2.24) is 4.98 Å². The van der Waals surface area contributed by atoms with Gasteiger partial charge in [0.25, 0.3) is 0 Å². The molecule has 5 rings (SSSR count). The first-order valence-corrected chi connectivity index (χ1v) is 13.0. The Kier molecular flexibility index (Phi) is 7.65. The predicted molar refractivity (Wildman–Crippen MR) is 152 cm³/mol. The fourth-order valence-electron chi connectivity index (χ4n) is 3.99. The Morgan fingerprint density at radius 2 is 1.49 bits per heavy atom. The van der Waals surface area contributed by atoms with Crippen molar-refractivity contribution < 1.29 is 24.5 Å². The van der Waals surface area contributed by atoms with Crippen LogP contribution in [0.5, 0.6) is 11.5 Å². The summed E-state index contributed by atoms with van der Waals surface area (Å²) in [6.07, 6.45) is 0.0799. The van der Waals surface area contributed by atoms with E-state index in [2.05, 4.69) is 29.6 Å². The summed E-state index contributed by atoms with van der Waals surface area (Å²) in [5, 5.41) is 22.3. The number of thiazole rings is 1. The zero-order valence-corrected chi connectivity index (χ0v) is 21.5.